The second-order valence-corrected chi connectivity index (χ2v) is 9.33. The molecule has 9 heteroatoms. The minimum absolute atomic E-state index is 0.110. The quantitative estimate of drug-likeness (QED) is 0.286. The van der Waals surface area contributed by atoms with E-state index in [1.807, 2.05) is 26.8 Å². The molecule has 0 aliphatic carbocycles. The van der Waals surface area contributed by atoms with Crippen LogP contribution < -0.4 is 19.7 Å². The van der Waals surface area contributed by atoms with E-state index in [9.17, 15) is 18.8 Å². The summed E-state index contributed by atoms with van der Waals surface area (Å²) in [6, 6.07) is 13.9. The molecule has 190 valence electrons. The van der Waals surface area contributed by atoms with E-state index in [-0.39, 0.29) is 18.0 Å². The van der Waals surface area contributed by atoms with E-state index in [0.29, 0.717) is 39.4 Å². The largest absolute Gasteiger partial charge is 0.490 e. The lowest BCUT2D eigenvalue weighted by Crippen LogP contribution is -2.54. The highest BCUT2D eigenvalue weighted by molar-refractivity contribution is 9.10. The number of rotatable bonds is 7. The van der Waals surface area contributed by atoms with E-state index in [1.165, 1.54) is 18.2 Å². The summed E-state index contributed by atoms with van der Waals surface area (Å²) in [6.45, 7) is 5.97. The molecule has 1 fully saturated rings. The average molecular weight is 567 g/mol. The number of nitrogens with one attached hydrogen (secondary N) is 1. The normalized spacial score (nSPS) is 14.7. The molecule has 7 nitrogen and oxygen atoms in total. The lowest BCUT2D eigenvalue weighted by atomic mass is 10.0. The van der Waals surface area contributed by atoms with Crippen LogP contribution in [0.15, 0.2) is 64.6 Å². The number of anilines is 1. The molecule has 3 aromatic carbocycles. The van der Waals surface area contributed by atoms with Crippen molar-refractivity contribution >= 4 is 45.5 Å². The van der Waals surface area contributed by atoms with Crippen molar-refractivity contribution in [2.45, 2.75) is 27.4 Å². The number of nitrogens with zero attached hydrogens (tertiary/aromatic N) is 1. The second-order valence-electron chi connectivity index (χ2n) is 8.48. The molecule has 1 N–H and O–H groups in total. The smallest absolute Gasteiger partial charge is 0.335 e. The zero-order valence-corrected chi connectivity index (χ0v) is 22.0. The van der Waals surface area contributed by atoms with Crippen LogP contribution in [0.25, 0.3) is 6.08 Å². The highest BCUT2D eigenvalue weighted by atomic mass is 79.9. The first-order valence-corrected chi connectivity index (χ1v) is 12.3. The number of imide groups is 2. The molecule has 0 atom stereocenters. The number of carbonyl (C=O) groups excluding carboxylic acids is 3. The van der Waals surface area contributed by atoms with Gasteiger partial charge in [-0.1, -0.05) is 34.1 Å². The highest BCUT2D eigenvalue weighted by Gasteiger charge is 2.37. The number of urea groups is 1. The van der Waals surface area contributed by atoms with E-state index in [0.717, 1.165) is 16.0 Å². The summed E-state index contributed by atoms with van der Waals surface area (Å²) in [4.78, 5) is 39.5. The fourth-order valence-electron chi connectivity index (χ4n) is 3.96. The van der Waals surface area contributed by atoms with Crippen LogP contribution in [-0.4, -0.2) is 24.5 Å². The van der Waals surface area contributed by atoms with Gasteiger partial charge in [0, 0.05) is 4.47 Å². The van der Waals surface area contributed by atoms with Gasteiger partial charge < -0.3 is 9.47 Å². The maximum absolute atomic E-state index is 13.5. The number of hydrogen-bond donors (Lipinski definition) is 1. The number of hydrogen-bond acceptors (Lipinski definition) is 5. The van der Waals surface area contributed by atoms with Crippen molar-refractivity contribution in [3.63, 3.8) is 0 Å². The van der Waals surface area contributed by atoms with Gasteiger partial charge in [0.05, 0.1) is 12.3 Å². The molecule has 1 aliphatic heterocycles. The van der Waals surface area contributed by atoms with Crippen LogP contribution in [0, 0.1) is 19.7 Å². The van der Waals surface area contributed by atoms with Gasteiger partial charge in [-0.2, -0.15) is 0 Å². The van der Waals surface area contributed by atoms with Crippen molar-refractivity contribution in [1.82, 2.24) is 5.32 Å². The van der Waals surface area contributed by atoms with Crippen LogP contribution in [-0.2, 0) is 16.2 Å². The highest BCUT2D eigenvalue weighted by Crippen LogP contribution is 2.36. The van der Waals surface area contributed by atoms with Crippen molar-refractivity contribution in [1.29, 1.82) is 0 Å². The number of amides is 4. The Morgan fingerprint density at radius 2 is 1.68 bits per heavy atom. The minimum atomic E-state index is -0.813. The SMILES string of the molecule is CCOc1cc(/C=C2\C(=O)NC(=O)N(c3cc(C)cc(C)c3)C2=O)c(Br)cc1OCc1cccc(F)c1. The Balaban J connectivity index is 1.68. The number of aryl methyl sites for hydroxylation is 2. The number of benzene rings is 3. The number of halogens is 2. The van der Waals surface area contributed by atoms with E-state index in [4.69, 9.17) is 9.47 Å². The van der Waals surface area contributed by atoms with Gasteiger partial charge in [-0.3, -0.25) is 14.9 Å². The predicted octanol–water partition coefficient (Wildman–Crippen LogP) is 5.85. The Labute approximate surface area is 222 Å². The van der Waals surface area contributed by atoms with Gasteiger partial charge in [0.1, 0.15) is 18.0 Å². The molecule has 0 bridgehead atoms. The van der Waals surface area contributed by atoms with Gasteiger partial charge in [0.15, 0.2) is 11.5 Å². The summed E-state index contributed by atoms with van der Waals surface area (Å²) in [5.41, 5.74) is 3.01. The van der Waals surface area contributed by atoms with Gasteiger partial charge in [0.25, 0.3) is 11.8 Å². The molecule has 0 spiro atoms. The third kappa shape index (κ3) is 5.89. The number of barbiturate groups is 1. The van der Waals surface area contributed by atoms with E-state index < -0.39 is 17.8 Å². The monoisotopic (exact) mass is 566 g/mol. The van der Waals surface area contributed by atoms with Gasteiger partial charge in [0.2, 0.25) is 0 Å². The van der Waals surface area contributed by atoms with Crippen molar-refractivity contribution in [2.24, 2.45) is 0 Å². The topological polar surface area (TPSA) is 84.9 Å². The summed E-state index contributed by atoms with van der Waals surface area (Å²) >= 11 is 3.46. The molecule has 1 heterocycles. The molecule has 1 saturated heterocycles. The molecule has 1 aliphatic rings. The zero-order valence-electron chi connectivity index (χ0n) is 20.4. The zero-order chi connectivity index (χ0) is 26.7. The van der Waals surface area contributed by atoms with E-state index in [1.54, 1.807) is 36.4 Å². The first-order chi connectivity index (χ1) is 17.7. The van der Waals surface area contributed by atoms with Gasteiger partial charge >= 0.3 is 6.03 Å². The standard InChI is InChI=1S/C28H24BrFN2O5/c1-4-36-24-13-19(23(29)14-25(24)37-15-18-6-5-7-20(30)11-18)12-22-26(33)31-28(35)32(27(22)34)21-9-16(2)8-17(3)10-21/h5-14H,4,15H2,1-3H3,(H,31,33,35)/b22-12+. The number of ether oxygens (including phenoxy) is 2. The molecular weight excluding hydrogens is 543 g/mol. The summed E-state index contributed by atoms with van der Waals surface area (Å²) < 4.78 is 25.6. The molecule has 0 unspecified atom stereocenters. The van der Waals surface area contributed by atoms with Crippen LogP contribution in [0.4, 0.5) is 14.9 Å². The van der Waals surface area contributed by atoms with Gasteiger partial charge in [-0.05, 0) is 85.5 Å². The van der Waals surface area contributed by atoms with Crippen LogP contribution in [0.3, 0.4) is 0 Å². The molecule has 37 heavy (non-hydrogen) atoms. The predicted molar refractivity (Wildman–Crippen MR) is 141 cm³/mol. The lowest BCUT2D eigenvalue weighted by Gasteiger charge is -2.27. The fraction of sp³-hybridized carbons (Fsp3) is 0.179. The minimum Gasteiger partial charge on any atom is -0.490 e. The maximum Gasteiger partial charge on any atom is 0.335 e. The fourth-order valence-corrected chi connectivity index (χ4v) is 4.39. The summed E-state index contributed by atoms with van der Waals surface area (Å²) in [7, 11) is 0. The van der Waals surface area contributed by atoms with E-state index >= 15 is 0 Å². The number of carbonyl (C=O) groups is 3. The Kier molecular flexibility index (Phi) is 7.73. The maximum atomic E-state index is 13.5. The molecule has 0 aromatic heterocycles. The Hall–Kier alpha value is -3.98. The van der Waals surface area contributed by atoms with Gasteiger partial charge in [-0.25, -0.2) is 14.1 Å². The molecule has 3 aromatic rings. The van der Waals surface area contributed by atoms with Crippen molar-refractivity contribution in [3.8, 4) is 11.5 Å². The third-order valence-corrected chi connectivity index (χ3v) is 6.20. The summed E-state index contributed by atoms with van der Waals surface area (Å²) in [5, 5.41) is 2.24. The Morgan fingerprint density at radius 3 is 2.35 bits per heavy atom. The lowest BCUT2D eigenvalue weighted by molar-refractivity contribution is -0.122. The van der Waals surface area contributed by atoms with Crippen molar-refractivity contribution < 1.29 is 28.2 Å². The van der Waals surface area contributed by atoms with Crippen LogP contribution in [0.5, 0.6) is 11.5 Å². The Morgan fingerprint density at radius 1 is 0.973 bits per heavy atom. The Bertz CT molecular complexity index is 1420. The summed E-state index contributed by atoms with van der Waals surface area (Å²) in [6.07, 6.45) is 1.39. The van der Waals surface area contributed by atoms with Crippen molar-refractivity contribution in [3.05, 3.63) is 92.7 Å². The molecule has 0 radical (unpaired) electrons. The second kappa shape index (κ2) is 11.0. The summed E-state index contributed by atoms with van der Waals surface area (Å²) in [5.74, 6) is -1.13. The molecular formula is C28H24BrFN2O5. The van der Waals surface area contributed by atoms with E-state index in [2.05, 4.69) is 21.2 Å². The first-order valence-electron chi connectivity index (χ1n) is 11.5. The third-order valence-electron chi connectivity index (χ3n) is 5.51. The molecule has 4 rings (SSSR count). The molecule has 0 saturated carbocycles. The van der Waals surface area contributed by atoms with Gasteiger partial charge in [-0.15, -0.1) is 0 Å². The van der Waals surface area contributed by atoms with Crippen LogP contribution in [0.2, 0.25) is 0 Å². The van der Waals surface area contributed by atoms with Crippen molar-refractivity contribution in [2.75, 3.05) is 11.5 Å². The molecule has 4 amide bonds. The van der Waals surface area contributed by atoms with Crippen LogP contribution in [0.1, 0.15) is 29.2 Å². The first kappa shape index (κ1) is 26.1. The van der Waals surface area contributed by atoms with Crippen LogP contribution >= 0.6 is 15.9 Å². The average Bonchev–Trinajstić information content (AvgIpc) is 2.82.